The molecule has 10 heteroatoms. The van der Waals surface area contributed by atoms with Gasteiger partial charge in [-0.1, -0.05) is 46.9 Å². The highest BCUT2D eigenvalue weighted by atomic mass is 35.5. The summed E-state index contributed by atoms with van der Waals surface area (Å²) < 4.78 is 5.22. The lowest BCUT2D eigenvalue weighted by Crippen LogP contribution is -2.39. The first kappa shape index (κ1) is 26.2. The molecule has 4 rings (SSSR count). The summed E-state index contributed by atoms with van der Waals surface area (Å²) in [4.78, 5) is 29.7. The monoisotopic (exact) mass is 561 g/mol. The summed E-state index contributed by atoms with van der Waals surface area (Å²) in [5, 5.41) is 4.69. The molecule has 1 aliphatic heterocycles. The molecule has 0 bridgehead atoms. The van der Waals surface area contributed by atoms with Crippen LogP contribution in [0.4, 0.5) is 11.4 Å². The number of benzene rings is 3. The van der Waals surface area contributed by atoms with Crippen LogP contribution in [-0.2, 0) is 16.0 Å². The number of carbonyl (C=O) groups is 2. The fraction of sp³-hybridized carbons (Fsp3) is 0.192. The zero-order valence-corrected chi connectivity index (χ0v) is 22.3. The minimum absolute atomic E-state index is 0.0908. The average molecular weight is 563 g/mol. The number of anilines is 2. The predicted octanol–water partition coefficient (Wildman–Crippen LogP) is 6.23. The van der Waals surface area contributed by atoms with Gasteiger partial charge in [-0.3, -0.25) is 14.5 Å². The van der Waals surface area contributed by atoms with Crippen molar-refractivity contribution in [1.82, 2.24) is 4.90 Å². The molecule has 3 aromatic carbocycles. The van der Waals surface area contributed by atoms with E-state index in [0.29, 0.717) is 50.3 Å². The maximum Gasteiger partial charge on any atom is 0.256 e. The van der Waals surface area contributed by atoms with Crippen LogP contribution in [0.25, 0.3) is 0 Å². The minimum atomic E-state index is -0.787. The van der Waals surface area contributed by atoms with Crippen LogP contribution in [0, 0.1) is 0 Å². The van der Waals surface area contributed by atoms with E-state index in [4.69, 9.17) is 51.8 Å². The Morgan fingerprint density at radius 1 is 1.03 bits per heavy atom. The molecule has 0 spiro atoms. The highest BCUT2D eigenvalue weighted by Crippen LogP contribution is 2.30. The third-order valence-corrected chi connectivity index (χ3v) is 7.01. The summed E-state index contributed by atoms with van der Waals surface area (Å²) in [5.74, 6) is 0.0427. The van der Waals surface area contributed by atoms with Crippen LogP contribution in [0.3, 0.4) is 0 Å². The molecule has 1 heterocycles. The van der Waals surface area contributed by atoms with Gasteiger partial charge in [0.1, 0.15) is 11.8 Å². The van der Waals surface area contributed by atoms with Crippen molar-refractivity contribution in [1.29, 1.82) is 0 Å². The molecule has 186 valence electrons. The maximum atomic E-state index is 13.6. The van der Waals surface area contributed by atoms with Gasteiger partial charge < -0.3 is 15.0 Å². The first-order valence-corrected chi connectivity index (χ1v) is 12.6. The zero-order valence-electron chi connectivity index (χ0n) is 19.2. The van der Waals surface area contributed by atoms with E-state index in [1.54, 1.807) is 72.7 Å². The smallest absolute Gasteiger partial charge is 0.256 e. The Morgan fingerprint density at radius 2 is 1.75 bits per heavy atom. The van der Waals surface area contributed by atoms with Gasteiger partial charge in [0, 0.05) is 27.3 Å². The number of ether oxygens (including phenoxy) is 1. The topological polar surface area (TPSA) is 61.9 Å². The van der Waals surface area contributed by atoms with Gasteiger partial charge in [-0.15, -0.1) is 0 Å². The van der Waals surface area contributed by atoms with E-state index in [0.717, 1.165) is 5.56 Å². The highest BCUT2D eigenvalue weighted by Gasteiger charge is 2.44. The number of thiocarbonyl (C=S) groups is 1. The first-order chi connectivity index (χ1) is 17.3. The molecule has 3 aromatic rings. The lowest BCUT2D eigenvalue weighted by Gasteiger charge is -2.24. The molecular formula is C26H22Cl3N3O3S. The largest absolute Gasteiger partial charge is 0.497 e. The van der Waals surface area contributed by atoms with Gasteiger partial charge in [-0.2, -0.15) is 0 Å². The zero-order chi connectivity index (χ0) is 25.8. The summed E-state index contributed by atoms with van der Waals surface area (Å²) in [6, 6.07) is 18.3. The number of carbonyl (C=O) groups excluding carboxylic acids is 2. The van der Waals surface area contributed by atoms with Crippen LogP contribution in [0.2, 0.25) is 15.1 Å². The van der Waals surface area contributed by atoms with E-state index in [9.17, 15) is 9.59 Å². The fourth-order valence-corrected chi connectivity index (χ4v) is 5.08. The van der Waals surface area contributed by atoms with Gasteiger partial charge in [-0.05, 0) is 78.8 Å². The number of amides is 2. The van der Waals surface area contributed by atoms with Crippen molar-refractivity contribution < 1.29 is 14.3 Å². The van der Waals surface area contributed by atoms with Gasteiger partial charge in [0.25, 0.3) is 5.91 Å². The van der Waals surface area contributed by atoms with Crippen molar-refractivity contribution in [2.24, 2.45) is 0 Å². The predicted molar refractivity (Wildman–Crippen MR) is 148 cm³/mol. The number of nitrogens with one attached hydrogen (secondary N) is 1. The summed E-state index contributed by atoms with van der Waals surface area (Å²) in [6.45, 7) is 0.383. The van der Waals surface area contributed by atoms with Crippen molar-refractivity contribution in [2.75, 3.05) is 23.9 Å². The third-order valence-electron chi connectivity index (χ3n) is 5.77. The molecular weight excluding hydrogens is 541 g/mol. The number of methoxy groups -OCH3 is 1. The molecule has 1 atom stereocenters. The molecule has 0 saturated carbocycles. The van der Waals surface area contributed by atoms with Gasteiger partial charge in [0.2, 0.25) is 5.91 Å². The van der Waals surface area contributed by atoms with Crippen LogP contribution in [-0.4, -0.2) is 41.5 Å². The van der Waals surface area contributed by atoms with Gasteiger partial charge >= 0.3 is 0 Å². The van der Waals surface area contributed by atoms with E-state index in [2.05, 4.69) is 5.32 Å². The standard InChI is InChI=1S/C26H22Cl3N3O3S/c1-35-21-9-7-20(8-10-21)32-25(34)23(15-24(33)30-19-4-2-3-17(27)13-19)31(26(32)36)12-11-16-5-6-18(28)14-22(16)29/h2-10,13-14,23H,11-12,15H2,1H3,(H,30,33)/t23-/m0/s1. The number of nitrogens with zero attached hydrogens (tertiary/aromatic N) is 2. The number of rotatable bonds is 8. The Hall–Kier alpha value is -2.84. The first-order valence-electron chi connectivity index (χ1n) is 11.0. The Balaban J connectivity index is 1.58. The van der Waals surface area contributed by atoms with Crippen molar-refractivity contribution in [3.63, 3.8) is 0 Å². The molecule has 6 nitrogen and oxygen atoms in total. The summed E-state index contributed by atoms with van der Waals surface area (Å²) >= 11 is 24.1. The molecule has 0 aromatic heterocycles. The van der Waals surface area contributed by atoms with E-state index in [1.165, 1.54) is 4.90 Å². The van der Waals surface area contributed by atoms with Crippen LogP contribution in [0.1, 0.15) is 12.0 Å². The number of halogens is 3. The molecule has 36 heavy (non-hydrogen) atoms. The fourth-order valence-electron chi connectivity index (χ4n) is 3.98. The molecule has 0 aliphatic carbocycles. The molecule has 1 aliphatic rings. The van der Waals surface area contributed by atoms with E-state index in [-0.39, 0.29) is 18.2 Å². The van der Waals surface area contributed by atoms with E-state index < -0.39 is 6.04 Å². The summed E-state index contributed by atoms with van der Waals surface area (Å²) in [6.07, 6.45) is 0.415. The molecule has 1 saturated heterocycles. The van der Waals surface area contributed by atoms with Crippen LogP contribution in [0.5, 0.6) is 5.75 Å². The Morgan fingerprint density at radius 3 is 2.42 bits per heavy atom. The minimum Gasteiger partial charge on any atom is -0.497 e. The van der Waals surface area contributed by atoms with E-state index in [1.807, 2.05) is 6.07 Å². The Kier molecular flexibility index (Phi) is 8.36. The van der Waals surface area contributed by atoms with Crippen molar-refractivity contribution in [2.45, 2.75) is 18.9 Å². The average Bonchev–Trinajstić information content (AvgIpc) is 3.07. The second-order valence-corrected chi connectivity index (χ2v) is 9.76. The third kappa shape index (κ3) is 5.93. The summed E-state index contributed by atoms with van der Waals surface area (Å²) in [7, 11) is 1.57. The normalized spacial score (nSPS) is 15.4. The quantitative estimate of drug-likeness (QED) is 0.330. The van der Waals surface area contributed by atoms with Crippen molar-refractivity contribution in [3.8, 4) is 5.75 Å². The summed E-state index contributed by atoms with van der Waals surface area (Å²) in [5.41, 5.74) is 2.01. The highest BCUT2D eigenvalue weighted by molar-refractivity contribution is 7.80. The van der Waals surface area contributed by atoms with Gasteiger partial charge in [0.15, 0.2) is 5.11 Å². The molecule has 2 amide bonds. The van der Waals surface area contributed by atoms with Gasteiger partial charge in [0.05, 0.1) is 19.2 Å². The molecule has 0 unspecified atom stereocenters. The second-order valence-electron chi connectivity index (χ2n) is 8.11. The Labute approximate surface area is 229 Å². The van der Waals surface area contributed by atoms with Crippen LogP contribution in [0.15, 0.2) is 66.7 Å². The van der Waals surface area contributed by atoms with Crippen molar-refractivity contribution >= 4 is 75.3 Å². The molecule has 0 radical (unpaired) electrons. The van der Waals surface area contributed by atoms with Gasteiger partial charge in [-0.25, -0.2) is 0 Å². The van der Waals surface area contributed by atoms with Crippen LogP contribution >= 0.6 is 47.0 Å². The SMILES string of the molecule is COc1ccc(N2C(=O)[C@H](CC(=O)Nc3cccc(Cl)c3)N(CCc3ccc(Cl)cc3Cl)C2=S)cc1. The van der Waals surface area contributed by atoms with E-state index >= 15 is 0 Å². The lowest BCUT2D eigenvalue weighted by molar-refractivity contribution is -0.124. The van der Waals surface area contributed by atoms with Crippen molar-refractivity contribution in [3.05, 3.63) is 87.4 Å². The molecule has 1 fully saturated rings. The maximum absolute atomic E-state index is 13.6. The number of hydrogen-bond acceptors (Lipinski definition) is 4. The number of hydrogen-bond donors (Lipinski definition) is 1. The molecule has 1 N–H and O–H groups in total. The second kappa shape index (κ2) is 11.5. The Bertz CT molecular complexity index is 1300. The van der Waals surface area contributed by atoms with Crippen LogP contribution < -0.4 is 15.0 Å². The lowest BCUT2D eigenvalue weighted by atomic mass is 10.1.